The normalized spacial score (nSPS) is 11.1. The third kappa shape index (κ3) is 5.05. The highest BCUT2D eigenvalue weighted by Gasteiger charge is 2.34. The number of ether oxygens (including phenoxy) is 1. The molecule has 4 nitrogen and oxygen atoms in total. The van der Waals surface area contributed by atoms with E-state index in [0.717, 1.165) is 6.07 Å². The monoisotopic (exact) mass is 307 g/mol. The van der Waals surface area contributed by atoms with E-state index in [1.165, 1.54) is 0 Å². The summed E-state index contributed by atoms with van der Waals surface area (Å²) < 4.78 is 55.2. The van der Waals surface area contributed by atoms with Crippen molar-refractivity contribution in [3.05, 3.63) is 35.1 Å². The van der Waals surface area contributed by atoms with Crippen LogP contribution in [0.1, 0.15) is 29.3 Å². The zero-order valence-corrected chi connectivity index (χ0v) is 11.1. The van der Waals surface area contributed by atoms with Gasteiger partial charge < -0.3 is 10.1 Å². The molecule has 0 fully saturated rings. The lowest BCUT2D eigenvalue weighted by Crippen LogP contribution is -2.27. The third-order valence-corrected chi connectivity index (χ3v) is 2.45. The van der Waals surface area contributed by atoms with E-state index in [-0.39, 0.29) is 25.1 Å². The van der Waals surface area contributed by atoms with Crippen molar-refractivity contribution in [1.82, 2.24) is 5.32 Å². The summed E-state index contributed by atoms with van der Waals surface area (Å²) >= 11 is 0. The molecule has 0 spiro atoms. The van der Waals surface area contributed by atoms with Gasteiger partial charge >= 0.3 is 12.1 Å². The van der Waals surface area contributed by atoms with Crippen molar-refractivity contribution in [3.63, 3.8) is 0 Å². The van der Waals surface area contributed by atoms with Crippen LogP contribution in [0, 0.1) is 5.82 Å². The van der Waals surface area contributed by atoms with E-state index in [4.69, 9.17) is 0 Å². The van der Waals surface area contributed by atoms with E-state index >= 15 is 0 Å². The Labute approximate surface area is 118 Å². The zero-order chi connectivity index (χ0) is 16.0. The minimum atomic E-state index is -4.88. The average molecular weight is 307 g/mol. The van der Waals surface area contributed by atoms with Crippen LogP contribution in [0.25, 0.3) is 0 Å². The van der Waals surface area contributed by atoms with E-state index < -0.39 is 29.4 Å². The Morgan fingerprint density at radius 2 is 1.95 bits per heavy atom. The second-order valence-corrected chi connectivity index (χ2v) is 4.00. The molecule has 0 heterocycles. The van der Waals surface area contributed by atoms with Gasteiger partial charge in [0, 0.05) is 12.1 Å². The molecule has 0 aliphatic heterocycles. The molecule has 0 bridgehead atoms. The second-order valence-electron chi connectivity index (χ2n) is 4.00. The first-order valence-corrected chi connectivity index (χ1v) is 6.06. The molecule has 1 rings (SSSR count). The number of hydrogen-bond acceptors (Lipinski definition) is 3. The topological polar surface area (TPSA) is 55.4 Å². The number of alkyl halides is 3. The number of esters is 1. The smallest absolute Gasteiger partial charge is 0.419 e. The summed E-state index contributed by atoms with van der Waals surface area (Å²) in [7, 11) is 0. The van der Waals surface area contributed by atoms with Crippen LogP contribution in [0.15, 0.2) is 18.2 Å². The highest BCUT2D eigenvalue weighted by atomic mass is 19.4. The van der Waals surface area contributed by atoms with Gasteiger partial charge in [-0.15, -0.1) is 0 Å². The molecule has 0 aliphatic carbocycles. The van der Waals surface area contributed by atoms with Gasteiger partial charge in [0.05, 0.1) is 18.6 Å². The van der Waals surface area contributed by atoms with Gasteiger partial charge in [-0.05, 0) is 25.1 Å². The van der Waals surface area contributed by atoms with Crippen molar-refractivity contribution in [1.29, 1.82) is 0 Å². The molecule has 0 saturated heterocycles. The first-order chi connectivity index (χ1) is 9.75. The summed E-state index contributed by atoms with van der Waals surface area (Å²) in [5, 5.41) is 2.26. The van der Waals surface area contributed by atoms with Gasteiger partial charge in [-0.3, -0.25) is 9.59 Å². The molecule has 21 heavy (non-hydrogen) atoms. The SMILES string of the molecule is CCOC(=O)CCNC(=O)c1ccc(F)c(C(F)(F)F)c1. The van der Waals surface area contributed by atoms with Crippen molar-refractivity contribution >= 4 is 11.9 Å². The molecule has 1 aromatic carbocycles. The predicted octanol–water partition coefficient (Wildman–Crippen LogP) is 2.53. The molecule has 0 atom stereocenters. The summed E-state index contributed by atoms with van der Waals surface area (Å²) in [5.74, 6) is -2.82. The zero-order valence-electron chi connectivity index (χ0n) is 11.1. The molecule has 0 radical (unpaired) electrons. The molecule has 1 N–H and O–H groups in total. The summed E-state index contributed by atoms with van der Waals surface area (Å²) in [6.45, 7) is 1.73. The number of carbonyl (C=O) groups is 2. The van der Waals surface area contributed by atoms with Crippen molar-refractivity contribution in [3.8, 4) is 0 Å². The summed E-state index contributed by atoms with van der Waals surface area (Å²) in [6.07, 6.45) is -4.99. The fraction of sp³-hybridized carbons (Fsp3) is 0.385. The maximum absolute atomic E-state index is 13.1. The van der Waals surface area contributed by atoms with Gasteiger partial charge in [-0.25, -0.2) is 4.39 Å². The maximum Gasteiger partial charge on any atom is 0.419 e. The number of benzene rings is 1. The minimum absolute atomic E-state index is 0.0869. The number of hydrogen-bond donors (Lipinski definition) is 1. The quantitative estimate of drug-likeness (QED) is 0.672. The molecule has 116 valence electrons. The molecule has 1 amide bonds. The van der Waals surface area contributed by atoms with Crippen LogP contribution in [0.4, 0.5) is 17.6 Å². The molecule has 0 aromatic heterocycles. The molecule has 1 aromatic rings. The Morgan fingerprint density at radius 1 is 1.29 bits per heavy atom. The van der Waals surface area contributed by atoms with Gasteiger partial charge in [-0.1, -0.05) is 0 Å². The number of rotatable bonds is 5. The van der Waals surface area contributed by atoms with E-state index in [1.54, 1.807) is 6.92 Å². The number of halogens is 4. The van der Waals surface area contributed by atoms with Gasteiger partial charge in [0.15, 0.2) is 0 Å². The van der Waals surface area contributed by atoms with Gasteiger partial charge in [0.2, 0.25) is 0 Å². The van der Waals surface area contributed by atoms with Crippen LogP contribution >= 0.6 is 0 Å². The highest BCUT2D eigenvalue weighted by Crippen LogP contribution is 2.31. The van der Waals surface area contributed by atoms with Crippen LogP contribution in [0.5, 0.6) is 0 Å². The van der Waals surface area contributed by atoms with Crippen LogP contribution < -0.4 is 5.32 Å². The Morgan fingerprint density at radius 3 is 2.52 bits per heavy atom. The molecule has 0 aliphatic rings. The van der Waals surface area contributed by atoms with Gasteiger partial charge in [-0.2, -0.15) is 13.2 Å². The summed E-state index contributed by atoms with van der Waals surface area (Å²) in [5.41, 5.74) is -1.85. The highest BCUT2D eigenvalue weighted by molar-refractivity contribution is 5.94. The van der Waals surface area contributed by atoms with Crippen molar-refractivity contribution < 1.29 is 31.9 Å². The standard InChI is InChI=1S/C13H13F4NO3/c1-2-21-11(19)5-6-18-12(20)8-3-4-10(14)9(7-8)13(15,16)17/h3-4,7H,2,5-6H2,1H3,(H,18,20). The predicted molar refractivity (Wildman–Crippen MR) is 65.0 cm³/mol. The molecular weight excluding hydrogens is 294 g/mol. The fourth-order valence-electron chi connectivity index (χ4n) is 1.50. The lowest BCUT2D eigenvalue weighted by Gasteiger charge is -2.10. The average Bonchev–Trinajstić information content (AvgIpc) is 2.38. The van der Waals surface area contributed by atoms with Crippen molar-refractivity contribution in [2.45, 2.75) is 19.5 Å². The number of nitrogens with one attached hydrogen (secondary N) is 1. The lowest BCUT2D eigenvalue weighted by atomic mass is 10.1. The molecular formula is C13H13F4NO3. The van der Waals surface area contributed by atoms with Crippen LogP contribution in [0.3, 0.4) is 0 Å². The Bertz CT molecular complexity index is 529. The molecule has 0 saturated carbocycles. The van der Waals surface area contributed by atoms with Crippen LogP contribution in [-0.2, 0) is 15.7 Å². The van der Waals surface area contributed by atoms with Crippen molar-refractivity contribution in [2.75, 3.05) is 13.2 Å². The third-order valence-electron chi connectivity index (χ3n) is 2.45. The Kier molecular flexibility index (Phi) is 5.69. The first kappa shape index (κ1) is 16.9. The van der Waals surface area contributed by atoms with E-state index in [2.05, 4.69) is 10.1 Å². The number of carbonyl (C=O) groups excluding carboxylic acids is 2. The Balaban J connectivity index is 2.69. The first-order valence-electron chi connectivity index (χ1n) is 6.06. The van der Waals surface area contributed by atoms with Crippen LogP contribution in [0.2, 0.25) is 0 Å². The van der Waals surface area contributed by atoms with Crippen LogP contribution in [-0.4, -0.2) is 25.0 Å². The lowest BCUT2D eigenvalue weighted by molar-refractivity contribution is -0.143. The molecule has 0 unspecified atom stereocenters. The molecule has 8 heteroatoms. The second kappa shape index (κ2) is 7.05. The largest absolute Gasteiger partial charge is 0.466 e. The van der Waals surface area contributed by atoms with E-state index in [0.29, 0.717) is 12.1 Å². The van der Waals surface area contributed by atoms with E-state index in [9.17, 15) is 27.2 Å². The van der Waals surface area contributed by atoms with Crippen molar-refractivity contribution in [2.24, 2.45) is 0 Å². The summed E-state index contributed by atoms with van der Waals surface area (Å²) in [4.78, 5) is 22.6. The van der Waals surface area contributed by atoms with Gasteiger partial charge in [0.1, 0.15) is 5.82 Å². The number of amides is 1. The fourth-order valence-corrected chi connectivity index (χ4v) is 1.50. The summed E-state index contributed by atoms with van der Waals surface area (Å²) in [6, 6.07) is 1.93. The van der Waals surface area contributed by atoms with E-state index in [1.807, 2.05) is 0 Å². The maximum atomic E-state index is 13.1. The van der Waals surface area contributed by atoms with Gasteiger partial charge in [0.25, 0.3) is 5.91 Å². The minimum Gasteiger partial charge on any atom is -0.466 e. The Hall–Kier alpha value is -2.12.